The average molecular weight is 192 g/mol. The first-order chi connectivity index (χ1) is 6.49. The molecule has 1 aliphatic rings. The molecule has 0 spiro atoms. The fourth-order valence-electron chi connectivity index (χ4n) is 2.46. The Morgan fingerprint density at radius 3 is 2.71 bits per heavy atom. The van der Waals surface area contributed by atoms with Gasteiger partial charge in [0.25, 0.3) is 0 Å². The van der Waals surface area contributed by atoms with Gasteiger partial charge in [-0.3, -0.25) is 4.79 Å². The Bertz CT molecular complexity index is 271. The average Bonchev–Trinajstić information content (AvgIpc) is 2.02. The molecule has 0 unspecified atom stereocenters. The van der Waals surface area contributed by atoms with E-state index in [0.29, 0.717) is 0 Å². The molecule has 1 heteroatoms. The molecular weight excluding hydrogens is 172 g/mol. The Labute approximate surface area is 86.9 Å². The molecule has 78 valence electrons. The van der Waals surface area contributed by atoms with Crippen LogP contribution in [0, 0.1) is 11.3 Å². The minimum Gasteiger partial charge on any atom is -0.294 e. The van der Waals surface area contributed by atoms with E-state index in [4.69, 9.17) is 0 Å². The minimum absolute atomic E-state index is 0.0347. The molecule has 0 saturated heterocycles. The zero-order valence-corrected chi connectivity index (χ0v) is 9.47. The number of ketones is 1. The first kappa shape index (κ1) is 11.2. The fourth-order valence-corrected chi connectivity index (χ4v) is 2.46. The van der Waals surface area contributed by atoms with Crippen LogP contribution in [0.5, 0.6) is 0 Å². The molecule has 1 saturated carbocycles. The largest absolute Gasteiger partial charge is 0.294 e. The number of carbonyl (C=O) groups is 1. The lowest BCUT2D eigenvalue weighted by Gasteiger charge is -2.38. The van der Waals surface area contributed by atoms with Crippen molar-refractivity contribution in [2.75, 3.05) is 0 Å². The van der Waals surface area contributed by atoms with Gasteiger partial charge in [0.05, 0.1) is 0 Å². The van der Waals surface area contributed by atoms with E-state index in [9.17, 15) is 4.79 Å². The van der Waals surface area contributed by atoms with Crippen LogP contribution in [0.2, 0.25) is 0 Å². The molecule has 0 aliphatic heterocycles. The lowest BCUT2D eigenvalue weighted by molar-refractivity contribution is -0.120. The number of hydrogen-bond donors (Lipinski definition) is 0. The van der Waals surface area contributed by atoms with Gasteiger partial charge in [0.2, 0.25) is 0 Å². The maximum atomic E-state index is 11.9. The number of hydrogen-bond acceptors (Lipinski definition) is 1. The molecule has 0 aromatic heterocycles. The molecule has 0 bridgehead atoms. The molecule has 1 nitrogen and oxygen atoms in total. The predicted molar refractivity (Wildman–Crippen MR) is 60.1 cm³/mol. The molecule has 0 amide bonds. The molecule has 0 aromatic carbocycles. The Morgan fingerprint density at radius 1 is 1.57 bits per heavy atom. The second kappa shape index (κ2) is 4.12. The lowest BCUT2D eigenvalue weighted by Crippen LogP contribution is -2.34. The summed E-state index contributed by atoms with van der Waals surface area (Å²) in [6, 6.07) is 0. The Hall–Kier alpha value is -0.850. The van der Waals surface area contributed by atoms with Crippen LogP contribution in [0.4, 0.5) is 0 Å². The molecule has 0 aromatic rings. The number of carbonyl (C=O) groups excluding carboxylic acids is 1. The summed E-state index contributed by atoms with van der Waals surface area (Å²) < 4.78 is 0. The van der Waals surface area contributed by atoms with Gasteiger partial charge >= 0.3 is 0 Å². The molecule has 1 atom stereocenters. The monoisotopic (exact) mass is 192 g/mol. The zero-order chi connectivity index (χ0) is 10.8. The maximum Gasteiger partial charge on any atom is 0.162 e. The van der Waals surface area contributed by atoms with Gasteiger partial charge in [0, 0.05) is 5.92 Å². The summed E-state index contributed by atoms with van der Waals surface area (Å²) in [5.41, 5.74) is 1.20. The van der Waals surface area contributed by atoms with Crippen LogP contribution in [0.15, 0.2) is 24.3 Å². The summed E-state index contributed by atoms with van der Waals surface area (Å²) in [6.07, 6.45) is 6.81. The summed E-state index contributed by atoms with van der Waals surface area (Å²) in [5.74, 6) is 0.259. The Morgan fingerprint density at radius 2 is 2.21 bits per heavy atom. The third-order valence-corrected chi connectivity index (χ3v) is 3.12. The summed E-state index contributed by atoms with van der Waals surface area (Å²) in [7, 11) is 0. The minimum atomic E-state index is 0.0347. The quantitative estimate of drug-likeness (QED) is 0.483. The third kappa shape index (κ3) is 2.14. The van der Waals surface area contributed by atoms with Gasteiger partial charge < -0.3 is 0 Å². The van der Waals surface area contributed by atoms with Crippen LogP contribution in [0.25, 0.3) is 0 Å². The van der Waals surface area contributed by atoms with Gasteiger partial charge in [-0.1, -0.05) is 32.1 Å². The molecule has 1 fully saturated rings. The van der Waals surface area contributed by atoms with Gasteiger partial charge in [0.1, 0.15) is 0 Å². The first-order valence-corrected chi connectivity index (χ1v) is 5.33. The Kier molecular flexibility index (Phi) is 3.30. The van der Waals surface area contributed by atoms with Crippen LogP contribution < -0.4 is 0 Å². The maximum absolute atomic E-state index is 11.9. The van der Waals surface area contributed by atoms with Gasteiger partial charge in [-0.2, -0.15) is 0 Å². The van der Waals surface area contributed by atoms with Crippen molar-refractivity contribution >= 4 is 5.78 Å². The van der Waals surface area contributed by atoms with Crippen molar-refractivity contribution in [2.45, 2.75) is 40.0 Å². The lowest BCUT2D eigenvalue weighted by atomic mass is 9.65. The van der Waals surface area contributed by atoms with Crippen LogP contribution in [0.3, 0.4) is 0 Å². The van der Waals surface area contributed by atoms with Crippen LogP contribution in [0.1, 0.15) is 40.0 Å². The van der Waals surface area contributed by atoms with Crippen molar-refractivity contribution in [3.05, 3.63) is 24.3 Å². The third-order valence-electron chi connectivity index (χ3n) is 3.12. The summed E-state index contributed by atoms with van der Waals surface area (Å²) in [5, 5.41) is 0. The normalized spacial score (nSPS) is 26.8. The van der Waals surface area contributed by atoms with Crippen molar-refractivity contribution in [2.24, 2.45) is 11.3 Å². The standard InChI is InChI=1S/C13H20O/c1-5-7-11(14)12-10(2)8-6-9-13(12,3)4/h5,7,12H,2,6,8-9H2,1,3-4H3/b7-5+/t12-/m0/s1. The molecule has 1 rings (SSSR count). The van der Waals surface area contributed by atoms with E-state index in [1.807, 2.05) is 13.0 Å². The molecule has 0 radical (unpaired) electrons. The molecular formula is C13H20O. The van der Waals surface area contributed by atoms with Crippen molar-refractivity contribution < 1.29 is 4.79 Å². The fraction of sp³-hybridized carbons (Fsp3) is 0.615. The summed E-state index contributed by atoms with van der Waals surface area (Å²) >= 11 is 0. The van der Waals surface area contributed by atoms with E-state index in [1.165, 1.54) is 6.42 Å². The van der Waals surface area contributed by atoms with E-state index >= 15 is 0 Å². The van der Waals surface area contributed by atoms with E-state index in [1.54, 1.807) is 6.08 Å². The van der Waals surface area contributed by atoms with E-state index in [2.05, 4.69) is 20.4 Å². The highest BCUT2D eigenvalue weighted by Crippen LogP contribution is 2.43. The SMILES string of the molecule is C=C1CCCC(C)(C)[C@@H]1C(=O)/C=C/C. The molecule has 0 N–H and O–H groups in total. The van der Waals surface area contributed by atoms with E-state index < -0.39 is 0 Å². The predicted octanol–water partition coefficient (Wildman–Crippen LogP) is 3.51. The highest BCUT2D eigenvalue weighted by molar-refractivity contribution is 5.94. The van der Waals surface area contributed by atoms with Crippen LogP contribution in [-0.2, 0) is 4.79 Å². The number of rotatable bonds is 2. The second-order valence-electron chi connectivity index (χ2n) is 4.84. The van der Waals surface area contributed by atoms with Crippen molar-refractivity contribution in [1.82, 2.24) is 0 Å². The highest BCUT2D eigenvalue weighted by atomic mass is 16.1. The van der Waals surface area contributed by atoms with Gasteiger partial charge in [-0.05, 0) is 37.7 Å². The first-order valence-electron chi connectivity index (χ1n) is 5.33. The number of allylic oxidation sites excluding steroid dienone is 3. The van der Waals surface area contributed by atoms with E-state index in [0.717, 1.165) is 18.4 Å². The molecule has 0 heterocycles. The van der Waals surface area contributed by atoms with Crippen molar-refractivity contribution in [3.63, 3.8) is 0 Å². The summed E-state index contributed by atoms with van der Waals surface area (Å²) in [6.45, 7) is 10.3. The van der Waals surface area contributed by atoms with Crippen LogP contribution >= 0.6 is 0 Å². The van der Waals surface area contributed by atoms with Gasteiger partial charge in [0.15, 0.2) is 5.78 Å². The van der Waals surface area contributed by atoms with Crippen molar-refractivity contribution in [3.8, 4) is 0 Å². The van der Waals surface area contributed by atoms with Crippen LogP contribution in [-0.4, -0.2) is 5.78 Å². The van der Waals surface area contributed by atoms with Crippen molar-refractivity contribution in [1.29, 1.82) is 0 Å². The smallest absolute Gasteiger partial charge is 0.162 e. The van der Waals surface area contributed by atoms with Gasteiger partial charge in [-0.25, -0.2) is 0 Å². The van der Waals surface area contributed by atoms with E-state index in [-0.39, 0.29) is 17.1 Å². The Balaban J connectivity index is 2.90. The molecule has 14 heavy (non-hydrogen) atoms. The highest BCUT2D eigenvalue weighted by Gasteiger charge is 2.38. The second-order valence-corrected chi connectivity index (χ2v) is 4.84. The topological polar surface area (TPSA) is 17.1 Å². The summed E-state index contributed by atoms with van der Waals surface area (Å²) in [4.78, 5) is 11.9. The molecule has 1 aliphatic carbocycles. The zero-order valence-electron chi connectivity index (χ0n) is 9.47. The van der Waals surface area contributed by atoms with Gasteiger partial charge in [-0.15, -0.1) is 0 Å².